The van der Waals surface area contributed by atoms with E-state index in [4.69, 9.17) is 42.6 Å². The molecule has 17 N–H and O–H groups in total. The van der Waals surface area contributed by atoms with Gasteiger partial charge in [-0.3, -0.25) is 0 Å². The molecule has 5 aliphatic rings. The highest BCUT2D eigenvalue weighted by Crippen LogP contribution is 2.31. The minimum absolute atomic E-state index is 0.675. The molecular formula is C30H52O26. The van der Waals surface area contributed by atoms with Crippen LogP contribution in [-0.2, 0) is 42.6 Å². The van der Waals surface area contributed by atoms with Gasteiger partial charge in [0, 0.05) is 0 Å². The van der Waals surface area contributed by atoms with E-state index in [1.54, 1.807) is 0 Å². The first-order valence-corrected chi connectivity index (χ1v) is 17.6. The van der Waals surface area contributed by atoms with Crippen LogP contribution in [0.1, 0.15) is 0 Å². The monoisotopic (exact) mass is 828 g/mol. The molecule has 0 saturated carbocycles. The van der Waals surface area contributed by atoms with E-state index in [0.717, 1.165) is 0 Å². The summed E-state index contributed by atoms with van der Waals surface area (Å²) in [4.78, 5) is 0. The largest absolute Gasteiger partial charge is 0.394 e. The summed E-state index contributed by atoms with van der Waals surface area (Å²) in [6.07, 6.45) is -44.5. The third kappa shape index (κ3) is 9.61. The average Bonchev–Trinajstić information content (AvgIpc) is 3.18. The normalized spacial score (nSPS) is 53.2. The van der Waals surface area contributed by atoms with Crippen molar-refractivity contribution in [2.75, 3.05) is 33.0 Å². The van der Waals surface area contributed by atoms with Gasteiger partial charge in [0.15, 0.2) is 31.5 Å². The third-order valence-electron chi connectivity index (χ3n) is 10.2. The second-order valence-corrected chi connectivity index (χ2v) is 14.1. The molecule has 0 aromatic heterocycles. The van der Waals surface area contributed by atoms with E-state index in [1.165, 1.54) is 0 Å². The molecule has 0 amide bonds. The van der Waals surface area contributed by atoms with Crippen LogP contribution >= 0.6 is 0 Å². The molecule has 26 nitrogen and oxygen atoms in total. The summed E-state index contributed by atoms with van der Waals surface area (Å²) >= 11 is 0. The Balaban J connectivity index is 1.17. The van der Waals surface area contributed by atoms with E-state index >= 15 is 0 Å². The van der Waals surface area contributed by atoms with E-state index in [1.807, 2.05) is 0 Å². The summed E-state index contributed by atoms with van der Waals surface area (Å²) in [5, 5.41) is 174. The number of hydrogen-bond donors (Lipinski definition) is 17. The van der Waals surface area contributed by atoms with E-state index < -0.39 is 187 Å². The van der Waals surface area contributed by atoms with Gasteiger partial charge < -0.3 is 129 Å². The van der Waals surface area contributed by atoms with E-state index in [0.29, 0.717) is 0 Å². The fourth-order valence-electron chi connectivity index (χ4n) is 6.64. The van der Waals surface area contributed by atoms with Crippen molar-refractivity contribution in [2.45, 2.75) is 154 Å². The van der Waals surface area contributed by atoms with E-state index in [9.17, 15) is 86.8 Å². The van der Waals surface area contributed by atoms with Gasteiger partial charge in [-0.2, -0.15) is 0 Å². The van der Waals surface area contributed by atoms with Gasteiger partial charge in [-0.15, -0.1) is 0 Å². The van der Waals surface area contributed by atoms with Crippen LogP contribution < -0.4 is 0 Å². The van der Waals surface area contributed by atoms with Crippen LogP contribution in [0.5, 0.6) is 0 Å². The highest BCUT2D eigenvalue weighted by Gasteiger charge is 2.52. The first-order valence-electron chi connectivity index (χ1n) is 17.6. The molecule has 0 aromatic rings. The summed E-state index contributed by atoms with van der Waals surface area (Å²) < 4.78 is 48.7. The van der Waals surface area contributed by atoms with Gasteiger partial charge in [0.05, 0.1) is 33.0 Å². The van der Waals surface area contributed by atoms with Crippen LogP contribution in [0.3, 0.4) is 0 Å². The molecule has 26 heteroatoms. The zero-order valence-corrected chi connectivity index (χ0v) is 29.2. The second-order valence-electron chi connectivity index (χ2n) is 14.1. The lowest BCUT2D eigenvalue weighted by Crippen LogP contribution is -2.64. The fourth-order valence-corrected chi connectivity index (χ4v) is 6.64. The highest BCUT2D eigenvalue weighted by atomic mass is 16.8. The van der Waals surface area contributed by atoms with Gasteiger partial charge in [-0.1, -0.05) is 0 Å². The summed E-state index contributed by atoms with van der Waals surface area (Å²) in [7, 11) is 0. The zero-order valence-electron chi connectivity index (χ0n) is 29.2. The highest BCUT2D eigenvalue weighted by molar-refractivity contribution is 4.95. The van der Waals surface area contributed by atoms with Crippen LogP contribution in [0, 0.1) is 0 Å². The van der Waals surface area contributed by atoms with Crippen LogP contribution in [0.2, 0.25) is 0 Å². The van der Waals surface area contributed by atoms with Crippen molar-refractivity contribution < 1.29 is 129 Å². The number of hydrogen-bond acceptors (Lipinski definition) is 26. The quantitative estimate of drug-likeness (QED) is 0.0819. The van der Waals surface area contributed by atoms with Crippen molar-refractivity contribution in [3.8, 4) is 0 Å². The Bertz CT molecular complexity index is 1200. The Morgan fingerprint density at radius 2 is 0.482 bits per heavy atom. The molecule has 56 heavy (non-hydrogen) atoms. The molecule has 0 unspecified atom stereocenters. The van der Waals surface area contributed by atoms with E-state index in [-0.39, 0.29) is 0 Å². The zero-order chi connectivity index (χ0) is 41.3. The van der Waals surface area contributed by atoms with Crippen molar-refractivity contribution >= 4 is 0 Å². The van der Waals surface area contributed by atoms with Crippen LogP contribution in [0.4, 0.5) is 0 Å². The number of aliphatic hydroxyl groups excluding tert-OH is 17. The maximum atomic E-state index is 10.6. The maximum Gasteiger partial charge on any atom is 0.189 e. The van der Waals surface area contributed by atoms with Gasteiger partial charge in [0.25, 0.3) is 0 Å². The SMILES string of the molecule is OC[C@H]1O[C@H](OC[C@H]2O[C@H](OC[C@H]3O[C@H](OC[C@H]4O[C@H](O[C@H]5O[C@H](CO)[C@@H](O)[C@H](O)[C@H]5O)[C@H](O)[C@@H](O)[C@H]4O)[C@H](O)[C@@H](O)[C@H]3O)[C@H](O)[C@@H](O)[C@H]2O)[C@H](O)[C@@H](O)[C@@H]1O. The molecule has 5 rings (SSSR count). The van der Waals surface area contributed by atoms with Gasteiger partial charge in [0.2, 0.25) is 0 Å². The fraction of sp³-hybridized carbons (Fsp3) is 1.00. The molecule has 0 aliphatic carbocycles. The molecule has 0 spiro atoms. The molecule has 5 aliphatic heterocycles. The number of rotatable bonds is 13. The molecule has 0 bridgehead atoms. The summed E-state index contributed by atoms with van der Waals surface area (Å²) in [5.41, 5.74) is 0. The molecule has 328 valence electrons. The van der Waals surface area contributed by atoms with E-state index in [2.05, 4.69) is 0 Å². The van der Waals surface area contributed by atoms with Crippen LogP contribution in [-0.4, -0.2) is 273 Å². The minimum Gasteiger partial charge on any atom is -0.394 e. The lowest BCUT2D eigenvalue weighted by atomic mass is 9.97. The lowest BCUT2D eigenvalue weighted by Gasteiger charge is -2.45. The second kappa shape index (κ2) is 19.6. The molecule has 0 aromatic carbocycles. The maximum absolute atomic E-state index is 10.6. The Labute approximate surface area is 316 Å². The van der Waals surface area contributed by atoms with Crippen molar-refractivity contribution in [1.82, 2.24) is 0 Å². The topological polar surface area (TPSA) is 427 Å². The number of aliphatic hydroxyl groups is 17. The molecular weight excluding hydrogens is 776 g/mol. The van der Waals surface area contributed by atoms with Gasteiger partial charge in [-0.05, 0) is 0 Å². The minimum atomic E-state index is -1.99. The predicted molar refractivity (Wildman–Crippen MR) is 167 cm³/mol. The molecule has 0 radical (unpaired) electrons. The predicted octanol–water partition coefficient (Wildman–Crippen LogP) is -11.9. The van der Waals surface area contributed by atoms with Crippen LogP contribution in [0.25, 0.3) is 0 Å². The van der Waals surface area contributed by atoms with Crippen molar-refractivity contribution in [3.63, 3.8) is 0 Å². The Morgan fingerprint density at radius 1 is 0.268 bits per heavy atom. The van der Waals surface area contributed by atoms with Gasteiger partial charge in [-0.25, -0.2) is 0 Å². The van der Waals surface area contributed by atoms with Crippen molar-refractivity contribution in [1.29, 1.82) is 0 Å². The Morgan fingerprint density at radius 3 is 0.768 bits per heavy atom. The van der Waals surface area contributed by atoms with Crippen molar-refractivity contribution in [2.24, 2.45) is 0 Å². The molecule has 5 heterocycles. The Hall–Kier alpha value is -1.04. The van der Waals surface area contributed by atoms with Gasteiger partial charge in [0.1, 0.15) is 122 Å². The standard InChI is InChI=1S/C30H52O26/c31-1-6-11(33)16(38)21(43)26(51-6)48-3-8-13(35)18(40)22(44)27(53-8)49-4-9-14(36)19(41)23(45)28(54-9)50-5-10-15(37)20(42)25(47)30(55-10)56-29-24(46)17(39)12(34)7(2-32)52-29/h6-47H,1-5H2/t6-,7-,8-,9-,10-,11-,12-,13+,14+,15+,16+,17+,18+,19+,20+,21-,22-,23-,24-,25-,26+,27+,28+,29-,30-/m1/s1. The third-order valence-corrected chi connectivity index (χ3v) is 10.2. The summed E-state index contributed by atoms with van der Waals surface area (Å²) in [5.74, 6) is 0. The Kier molecular flexibility index (Phi) is 16.1. The van der Waals surface area contributed by atoms with Crippen LogP contribution in [0.15, 0.2) is 0 Å². The molecule has 5 fully saturated rings. The smallest absolute Gasteiger partial charge is 0.189 e. The first kappa shape index (κ1) is 46.0. The summed E-state index contributed by atoms with van der Waals surface area (Å²) in [6.45, 7) is -3.77. The first-order chi connectivity index (χ1) is 26.4. The molecule has 25 atom stereocenters. The van der Waals surface area contributed by atoms with Crippen molar-refractivity contribution in [3.05, 3.63) is 0 Å². The number of ether oxygens (including phenoxy) is 9. The summed E-state index contributed by atoms with van der Waals surface area (Å²) in [6, 6.07) is 0. The lowest BCUT2D eigenvalue weighted by molar-refractivity contribution is -0.381. The van der Waals surface area contributed by atoms with Gasteiger partial charge >= 0.3 is 0 Å². The average molecular weight is 829 g/mol. The molecule has 5 saturated heterocycles.